The first-order valence-electron chi connectivity index (χ1n) is 5.67. The lowest BCUT2D eigenvalue weighted by Gasteiger charge is -2.07. The van der Waals surface area contributed by atoms with E-state index in [4.69, 9.17) is 10.2 Å². The molecule has 0 bridgehead atoms. The van der Waals surface area contributed by atoms with Crippen molar-refractivity contribution in [3.63, 3.8) is 0 Å². The van der Waals surface area contributed by atoms with E-state index in [1.807, 2.05) is 0 Å². The van der Waals surface area contributed by atoms with Gasteiger partial charge >= 0.3 is 11.9 Å². The van der Waals surface area contributed by atoms with E-state index in [9.17, 15) is 24.3 Å². The third kappa shape index (κ3) is 2.59. The number of aromatic carboxylic acids is 1. The monoisotopic (exact) mass is 291 g/mol. The smallest absolute Gasteiger partial charge is 0.341 e. The summed E-state index contributed by atoms with van der Waals surface area (Å²) in [5, 5.41) is 27.0. The summed E-state index contributed by atoms with van der Waals surface area (Å²) >= 11 is 0. The molecule has 0 radical (unpaired) electrons. The van der Waals surface area contributed by atoms with Gasteiger partial charge in [0, 0.05) is 6.20 Å². The number of carboxylic acid groups (broad SMARTS) is 2. The summed E-state index contributed by atoms with van der Waals surface area (Å²) in [6.45, 7) is -0.697. The summed E-state index contributed by atoms with van der Waals surface area (Å²) in [7, 11) is 0. The fourth-order valence-electron chi connectivity index (χ4n) is 1.95. The van der Waals surface area contributed by atoms with E-state index >= 15 is 0 Å². The molecule has 2 aromatic rings. The number of hydrogen-bond acceptors (Lipinski definition) is 5. The third-order valence-corrected chi connectivity index (χ3v) is 2.78. The zero-order valence-electron chi connectivity index (χ0n) is 10.4. The number of rotatable bonds is 3. The highest BCUT2D eigenvalue weighted by atomic mass is 16.4. The van der Waals surface area contributed by atoms with Crippen molar-refractivity contribution in [1.29, 1.82) is 0 Å². The molecule has 3 N–H and O–H groups in total. The molecule has 0 unspecified atom stereocenters. The molecule has 2 rings (SSSR count). The standard InChI is InChI=1S/C13H9NO7/c15-6-1-2-9(16)11-7(3-6)12(19)8(13(20)21)4-14(11)5-10(17)18/h1-4,15H,5H2,(H,17,18)(H,20,21). The number of aromatic hydroxyl groups is 1. The van der Waals surface area contributed by atoms with E-state index in [0.29, 0.717) is 0 Å². The molecule has 0 saturated carbocycles. The Morgan fingerprint density at radius 2 is 1.81 bits per heavy atom. The minimum Gasteiger partial charge on any atom is -0.508 e. The molecule has 0 fully saturated rings. The predicted molar refractivity (Wildman–Crippen MR) is 70.7 cm³/mol. The van der Waals surface area contributed by atoms with Gasteiger partial charge in [0.1, 0.15) is 23.4 Å². The molecule has 0 atom stereocenters. The normalized spacial score (nSPS) is 10.5. The summed E-state index contributed by atoms with van der Waals surface area (Å²) in [6.07, 6.45) is 0.805. The quantitative estimate of drug-likeness (QED) is 0.715. The van der Waals surface area contributed by atoms with Crippen LogP contribution in [0.4, 0.5) is 0 Å². The van der Waals surface area contributed by atoms with Crippen LogP contribution < -0.4 is 10.9 Å². The Morgan fingerprint density at radius 1 is 1.14 bits per heavy atom. The predicted octanol–water partition coefficient (Wildman–Crippen LogP) is -0.150. The molecule has 8 nitrogen and oxygen atoms in total. The van der Waals surface area contributed by atoms with Crippen molar-refractivity contribution < 1.29 is 24.9 Å². The zero-order valence-corrected chi connectivity index (χ0v) is 10.4. The van der Waals surface area contributed by atoms with E-state index in [0.717, 1.165) is 29.0 Å². The van der Waals surface area contributed by atoms with Crippen LogP contribution in [0.5, 0.6) is 5.75 Å². The summed E-state index contributed by atoms with van der Waals surface area (Å²) in [6, 6.07) is 2.94. The molecular weight excluding hydrogens is 282 g/mol. The van der Waals surface area contributed by atoms with Gasteiger partial charge in [0.25, 0.3) is 0 Å². The van der Waals surface area contributed by atoms with Gasteiger partial charge in [0.05, 0.1) is 5.39 Å². The van der Waals surface area contributed by atoms with E-state index < -0.39 is 40.7 Å². The molecule has 0 saturated heterocycles. The summed E-state index contributed by atoms with van der Waals surface area (Å²) in [5.74, 6) is -3.28. The molecule has 1 aromatic carbocycles. The van der Waals surface area contributed by atoms with E-state index in [2.05, 4.69) is 0 Å². The molecule has 0 spiro atoms. The zero-order chi connectivity index (χ0) is 15.7. The van der Waals surface area contributed by atoms with Gasteiger partial charge in [-0.25, -0.2) is 4.79 Å². The van der Waals surface area contributed by atoms with Crippen molar-refractivity contribution in [3.05, 3.63) is 50.4 Å². The lowest BCUT2D eigenvalue weighted by atomic mass is 10.1. The maximum Gasteiger partial charge on any atom is 0.341 e. The van der Waals surface area contributed by atoms with Crippen molar-refractivity contribution in [3.8, 4) is 5.75 Å². The first kappa shape index (κ1) is 14.3. The summed E-state index contributed by atoms with van der Waals surface area (Å²) in [4.78, 5) is 45.9. The highest BCUT2D eigenvalue weighted by molar-refractivity contribution is 5.93. The van der Waals surface area contributed by atoms with Crippen LogP contribution in [0.3, 0.4) is 0 Å². The number of aliphatic carboxylic acids is 1. The van der Waals surface area contributed by atoms with Gasteiger partial charge in [-0.15, -0.1) is 0 Å². The minimum atomic E-state index is -1.56. The largest absolute Gasteiger partial charge is 0.508 e. The Kier molecular flexibility index (Phi) is 3.45. The van der Waals surface area contributed by atoms with E-state index in [1.165, 1.54) is 0 Å². The van der Waals surface area contributed by atoms with Gasteiger partial charge in [-0.2, -0.15) is 0 Å². The number of carboxylic acids is 2. The minimum absolute atomic E-state index is 0.285. The van der Waals surface area contributed by atoms with Gasteiger partial charge in [0.15, 0.2) is 0 Å². The maximum absolute atomic E-state index is 12.1. The lowest BCUT2D eigenvalue weighted by molar-refractivity contribution is -0.137. The van der Waals surface area contributed by atoms with Crippen LogP contribution in [0.15, 0.2) is 34.0 Å². The molecule has 21 heavy (non-hydrogen) atoms. The fourth-order valence-corrected chi connectivity index (χ4v) is 1.95. The Labute approximate surface area is 116 Å². The molecule has 0 amide bonds. The SMILES string of the molecule is O=C(O)Cn1cc(C(=O)O)c(=O)c2cc(O)ccc(=O)c21. The average Bonchev–Trinajstić information content (AvgIpc) is 2.52. The second-order valence-electron chi connectivity index (χ2n) is 4.23. The number of hydrogen-bond donors (Lipinski definition) is 3. The van der Waals surface area contributed by atoms with E-state index in [1.54, 1.807) is 0 Å². The van der Waals surface area contributed by atoms with Gasteiger partial charge in [-0.05, 0) is 18.2 Å². The van der Waals surface area contributed by atoms with Crippen LogP contribution >= 0.6 is 0 Å². The van der Waals surface area contributed by atoms with Crippen molar-refractivity contribution in [2.75, 3.05) is 0 Å². The Balaban J connectivity index is 3.09. The number of nitrogens with zero attached hydrogens (tertiary/aromatic N) is 1. The van der Waals surface area contributed by atoms with Crippen molar-refractivity contribution in [1.82, 2.24) is 4.57 Å². The lowest BCUT2D eigenvalue weighted by Crippen LogP contribution is -2.23. The number of aromatic nitrogens is 1. The highest BCUT2D eigenvalue weighted by Crippen LogP contribution is 2.13. The Bertz CT molecular complexity index is 882. The third-order valence-electron chi connectivity index (χ3n) is 2.78. The first-order valence-corrected chi connectivity index (χ1v) is 5.67. The molecular formula is C13H9NO7. The first-order chi connectivity index (χ1) is 9.81. The van der Waals surface area contributed by atoms with Crippen LogP contribution in [0, 0.1) is 0 Å². The van der Waals surface area contributed by atoms with Gasteiger partial charge in [0.2, 0.25) is 10.9 Å². The van der Waals surface area contributed by atoms with Crippen LogP contribution in [0.2, 0.25) is 0 Å². The average molecular weight is 291 g/mol. The van der Waals surface area contributed by atoms with E-state index in [-0.39, 0.29) is 10.9 Å². The summed E-state index contributed by atoms with van der Waals surface area (Å²) in [5.41, 5.74) is -2.65. The number of carbonyl (C=O) groups is 2. The van der Waals surface area contributed by atoms with Crippen molar-refractivity contribution in [2.24, 2.45) is 0 Å². The second-order valence-corrected chi connectivity index (χ2v) is 4.23. The molecule has 1 aromatic heterocycles. The maximum atomic E-state index is 12.1. The van der Waals surface area contributed by atoms with Gasteiger partial charge < -0.3 is 19.9 Å². The molecule has 8 heteroatoms. The van der Waals surface area contributed by atoms with Crippen LogP contribution in [0.25, 0.3) is 10.9 Å². The second kappa shape index (κ2) is 5.08. The number of fused-ring (bicyclic) bond motifs is 1. The fraction of sp³-hybridized carbons (Fsp3) is 0.0769. The topological polar surface area (TPSA) is 134 Å². The molecule has 0 aliphatic heterocycles. The molecule has 108 valence electrons. The van der Waals surface area contributed by atoms with Gasteiger partial charge in [-0.1, -0.05) is 0 Å². The number of pyridine rings is 1. The molecule has 0 aliphatic rings. The summed E-state index contributed by atoms with van der Waals surface area (Å²) < 4.78 is 0.865. The molecule has 0 aliphatic carbocycles. The van der Waals surface area contributed by atoms with Crippen molar-refractivity contribution in [2.45, 2.75) is 6.54 Å². The Morgan fingerprint density at radius 3 is 2.38 bits per heavy atom. The Hall–Kier alpha value is -3.16. The molecule has 1 heterocycles. The van der Waals surface area contributed by atoms with Crippen LogP contribution in [-0.2, 0) is 11.3 Å². The van der Waals surface area contributed by atoms with Crippen molar-refractivity contribution >= 4 is 22.8 Å². The van der Waals surface area contributed by atoms with Crippen LogP contribution in [0.1, 0.15) is 10.4 Å². The highest BCUT2D eigenvalue weighted by Gasteiger charge is 2.17. The van der Waals surface area contributed by atoms with Crippen LogP contribution in [-0.4, -0.2) is 31.8 Å². The van der Waals surface area contributed by atoms with Gasteiger partial charge in [-0.3, -0.25) is 14.4 Å².